The van der Waals surface area contributed by atoms with E-state index >= 15 is 0 Å². The molecule has 0 fully saturated rings. The summed E-state index contributed by atoms with van der Waals surface area (Å²) in [6.45, 7) is 7.04. The molecular weight excluding hydrogens is 244 g/mol. The van der Waals surface area contributed by atoms with Crippen LogP contribution >= 0.6 is 11.3 Å². The summed E-state index contributed by atoms with van der Waals surface area (Å²) in [5.74, 6) is 0. The van der Waals surface area contributed by atoms with Crippen molar-refractivity contribution >= 4 is 11.3 Å². The third-order valence-corrected chi connectivity index (χ3v) is 4.01. The lowest BCUT2D eigenvalue weighted by molar-refractivity contribution is 0.0594. The largest absolute Gasteiger partial charge is 0.383 e. The average Bonchev–Trinajstić information content (AvgIpc) is 2.84. The van der Waals surface area contributed by atoms with Crippen LogP contribution in [0.4, 0.5) is 0 Å². The van der Waals surface area contributed by atoms with Crippen LogP contribution in [-0.4, -0.2) is 37.2 Å². The van der Waals surface area contributed by atoms with Crippen LogP contribution in [0.5, 0.6) is 0 Å². The van der Waals surface area contributed by atoms with Crippen molar-refractivity contribution in [3.63, 3.8) is 0 Å². The van der Waals surface area contributed by atoms with Gasteiger partial charge in [-0.1, -0.05) is 6.07 Å². The molecule has 0 aliphatic rings. The molecular formula is C14H26N2OS. The molecule has 0 aromatic carbocycles. The van der Waals surface area contributed by atoms with Crippen molar-refractivity contribution in [2.75, 3.05) is 20.3 Å². The highest BCUT2D eigenvalue weighted by Gasteiger charge is 2.21. The monoisotopic (exact) mass is 270 g/mol. The summed E-state index contributed by atoms with van der Waals surface area (Å²) in [4.78, 5) is 3.93. The topological polar surface area (TPSA) is 38.5 Å². The molecule has 0 spiro atoms. The van der Waals surface area contributed by atoms with Gasteiger partial charge in [0.25, 0.3) is 0 Å². The van der Waals surface area contributed by atoms with Gasteiger partial charge >= 0.3 is 0 Å². The first-order valence-corrected chi connectivity index (χ1v) is 7.54. The van der Waals surface area contributed by atoms with E-state index in [-0.39, 0.29) is 0 Å². The lowest BCUT2D eigenvalue weighted by Crippen LogP contribution is -2.42. The minimum Gasteiger partial charge on any atom is -0.383 e. The summed E-state index contributed by atoms with van der Waals surface area (Å²) in [7, 11) is 1.78. The van der Waals surface area contributed by atoms with Gasteiger partial charge in [0.1, 0.15) is 0 Å². The minimum atomic E-state index is 0.459. The van der Waals surface area contributed by atoms with Gasteiger partial charge in [-0.05, 0) is 44.7 Å². The lowest BCUT2D eigenvalue weighted by Gasteiger charge is -2.34. The molecule has 0 bridgehead atoms. The Balaban J connectivity index is 2.66. The van der Waals surface area contributed by atoms with Crippen LogP contribution in [0.25, 0.3) is 0 Å². The zero-order valence-corrected chi connectivity index (χ0v) is 12.6. The summed E-state index contributed by atoms with van der Waals surface area (Å²) in [5, 5.41) is 2.14. The summed E-state index contributed by atoms with van der Waals surface area (Å²) in [6, 6.07) is 5.29. The highest BCUT2D eigenvalue weighted by atomic mass is 32.1. The molecule has 0 radical (unpaired) electrons. The fourth-order valence-electron chi connectivity index (χ4n) is 2.21. The highest BCUT2D eigenvalue weighted by Crippen LogP contribution is 2.19. The van der Waals surface area contributed by atoms with Crippen LogP contribution in [0, 0.1) is 0 Å². The van der Waals surface area contributed by atoms with Crippen LogP contribution in [0.15, 0.2) is 17.5 Å². The molecule has 1 aromatic heterocycles. The van der Waals surface area contributed by atoms with E-state index in [9.17, 15) is 0 Å². The number of methoxy groups -OCH3 is 1. The fraction of sp³-hybridized carbons (Fsp3) is 0.714. The standard InChI is InChI=1S/C14H26N2OS/c1-12(2)16(10-14-7-5-9-18-14)13(11-17-3)6-4-8-15/h5,7,9,12-13H,4,6,8,10-11,15H2,1-3H3. The van der Waals surface area contributed by atoms with Crippen LogP contribution in [0.1, 0.15) is 31.6 Å². The first kappa shape index (κ1) is 15.6. The van der Waals surface area contributed by atoms with Gasteiger partial charge < -0.3 is 10.5 Å². The van der Waals surface area contributed by atoms with E-state index in [1.54, 1.807) is 7.11 Å². The van der Waals surface area contributed by atoms with Gasteiger partial charge in [0.2, 0.25) is 0 Å². The molecule has 0 saturated carbocycles. The van der Waals surface area contributed by atoms with Gasteiger partial charge in [-0.2, -0.15) is 0 Å². The third kappa shape index (κ3) is 5.06. The number of hydrogen-bond donors (Lipinski definition) is 1. The number of hydrogen-bond acceptors (Lipinski definition) is 4. The normalized spacial score (nSPS) is 13.4. The number of nitrogens with two attached hydrogens (primary N) is 1. The SMILES string of the molecule is COCC(CCCN)N(Cc1cccs1)C(C)C. The van der Waals surface area contributed by atoms with E-state index in [0.717, 1.165) is 32.5 Å². The molecule has 1 rings (SSSR count). The molecule has 1 unspecified atom stereocenters. The second-order valence-corrected chi connectivity index (χ2v) is 5.92. The first-order valence-electron chi connectivity index (χ1n) is 6.66. The Morgan fingerprint density at radius 3 is 2.72 bits per heavy atom. The molecule has 4 heteroatoms. The maximum absolute atomic E-state index is 5.63. The van der Waals surface area contributed by atoms with Crippen molar-refractivity contribution in [1.29, 1.82) is 0 Å². The first-order chi connectivity index (χ1) is 8.69. The summed E-state index contributed by atoms with van der Waals surface area (Å²) >= 11 is 1.82. The van der Waals surface area contributed by atoms with Crippen molar-refractivity contribution < 1.29 is 4.74 Å². The molecule has 0 saturated heterocycles. The van der Waals surface area contributed by atoms with Crippen LogP contribution in [0.3, 0.4) is 0 Å². The van der Waals surface area contributed by atoms with Gasteiger partial charge in [-0.15, -0.1) is 11.3 Å². The zero-order chi connectivity index (χ0) is 13.4. The van der Waals surface area contributed by atoms with Gasteiger partial charge in [0, 0.05) is 30.6 Å². The quantitative estimate of drug-likeness (QED) is 0.750. The lowest BCUT2D eigenvalue weighted by atomic mass is 10.1. The molecule has 0 amide bonds. The van der Waals surface area contributed by atoms with Gasteiger partial charge in [0.15, 0.2) is 0 Å². The maximum atomic E-state index is 5.63. The van der Waals surface area contributed by atoms with Crippen LogP contribution < -0.4 is 5.73 Å². The molecule has 1 atom stereocenters. The Bertz CT molecular complexity index is 301. The Labute approximate surface area is 115 Å². The number of thiophene rings is 1. The van der Waals surface area contributed by atoms with Crippen molar-refractivity contribution in [1.82, 2.24) is 4.90 Å². The molecule has 1 heterocycles. The molecule has 0 aliphatic carbocycles. The number of ether oxygens (including phenoxy) is 1. The van der Waals surface area contributed by atoms with Crippen molar-refractivity contribution in [3.8, 4) is 0 Å². The van der Waals surface area contributed by atoms with E-state index < -0.39 is 0 Å². The second-order valence-electron chi connectivity index (χ2n) is 4.89. The maximum Gasteiger partial charge on any atom is 0.0618 e. The Kier molecular flexibility index (Phi) is 7.51. The Hall–Kier alpha value is -0.420. The molecule has 3 nitrogen and oxygen atoms in total. The zero-order valence-electron chi connectivity index (χ0n) is 11.8. The van der Waals surface area contributed by atoms with E-state index in [4.69, 9.17) is 10.5 Å². The van der Waals surface area contributed by atoms with Gasteiger partial charge in [0.05, 0.1) is 6.61 Å². The number of rotatable bonds is 9. The second kappa shape index (κ2) is 8.64. The van der Waals surface area contributed by atoms with Gasteiger partial charge in [-0.25, -0.2) is 0 Å². The van der Waals surface area contributed by atoms with Crippen LogP contribution in [0.2, 0.25) is 0 Å². The molecule has 0 aliphatic heterocycles. The van der Waals surface area contributed by atoms with E-state index in [1.807, 2.05) is 11.3 Å². The summed E-state index contributed by atoms with van der Waals surface area (Å²) in [5.41, 5.74) is 5.63. The molecule has 104 valence electrons. The summed E-state index contributed by atoms with van der Waals surface area (Å²) in [6.07, 6.45) is 2.16. The minimum absolute atomic E-state index is 0.459. The predicted molar refractivity (Wildman–Crippen MR) is 79.0 cm³/mol. The average molecular weight is 270 g/mol. The van der Waals surface area contributed by atoms with Gasteiger partial charge in [-0.3, -0.25) is 4.90 Å². The summed E-state index contributed by atoms with van der Waals surface area (Å²) < 4.78 is 5.37. The molecule has 2 N–H and O–H groups in total. The van der Waals surface area contributed by atoms with E-state index in [0.29, 0.717) is 12.1 Å². The van der Waals surface area contributed by atoms with Crippen molar-refractivity contribution in [2.24, 2.45) is 5.73 Å². The fourth-order valence-corrected chi connectivity index (χ4v) is 2.92. The van der Waals surface area contributed by atoms with Crippen molar-refractivity contribution in [2.45, 2.75) is 45.3 Å². The van der Waals surface area contributed by atoms with E-state index in [2.05, 4.69) is 36.3 Å². The Morgan fingerprint density at radius 2 is 2.22 bits per heavy atom. The third-order valence-electron chi connectivity index (χ3n) is 3.15. The predicted octanol–water partition coefficient (Wildman–Crippen LogP) is 2.71. The van der Waals surface area contributed by atoms with Crippen molar-refractivity contribution in [3.05, 3.63) is 22.4 Å². The molecule has 1 aromatic rings. The van der Waals surface area contributed by atoms with E-state index in [1.165, 1.54) is 4.88 Å². The number of nitrogens with zero attached hydrogens (tertiary/aromatic N) is 1. The van der Waals surface area contributed by atoms with Crippen LogP contribution in [-0.2, 0) is 11.3 Å². The smallest absolute Gasteiger partial charge is 0.0618 e. The highest BCUT2D eigenvalue weighted by molar-refractivity contribution is 7.09. The molecule has 18 heavy (non-hydrogen) atoms. The Morgan fingerprint density at radius 1 is 1.44 bits per heavy atom.